The van der Waals surface area contributed by atoms with Crippen molar-refractivity contribution in [3.05, 3.63) is 99.0 Å². The molecule has 27 heavy (non-hydrogen) atoms. The lowest BCUT2D eigenvalue weighted by Gasteiger charge is -2.28. The standard InChI is InChI=1S/C21H18FN3O2/c22-17-9-5-4-8-15(17)21(27)25-11-10-18-16(13-25)20(26)24-19(23-18)12-14-6-2-1-3-7-14/h1-9H,10-13H2,(H,23,24,26). The summed E-state index contributed by atoms with van der Waals surface area (Å²) in [6, 6.07) is 15.7. The monoisotopic (exact) mass is 363 g/mol. The summed E-state index contributed by atoms with van der Waals surface area (Å²) in [5.74, 6) is -0.358. The molecule has 0 fully saturated rings. The van der Waals surface area contributed by atoms with Crippen LogP contribution in [0.5, 0.6) is 0 Å². The molecule has 5 nitrogen and oxygen atoms in total. The normalized spacial score (nSPS) is 13.3. The first kappa shape index (κ1) is 17.1. The number of halogens is 1. The highest BCUT2D eigenvalue weighted by molar-refractivity contribution is 5.94. The lowest BCUT2D eigenvalue weighted by molar-refractivity contribution is 0.0727. The van der Waals surface area contributed by atoms with Crippen LogP contribution in [0.3, 0.4) is 0 Å². The molecule has 3 aromatic rings. The van der Waals surface area contributed by atoms with E-state index >= 15 is 0 Å². The molecule has 0 saturated carbocycles. The molecule has 1 N–H and O–H groups in total. The Morgan fingerprint density at radius 1 is 1.11 bits per heavy atom. The fraction of sp³-hybridized carbons (Fsp3) is 0.190. The van der Waals surface area contributed by atoms with Gasteiger partial charge in [0.05, 0.1) is 23.4 Å². The molecule has 0 unspecified atom stereocenters. The average molecular weight is 363 g/mol. The summed E-state index contributed by atoms with van der Waals surface area (Å²) in [6.45, 7) is 0.540. The number of aromatic amines is 1. The molecule has 136 valence electrons. The molecule has 0 spiro atoms. The number of rotatable bonds is 3. The fourth-order valence-corrected chi connectivity index (χ4v) is 3.33. The third-order valence-corrected chi connectivity index (χ3v) is 4.72. The van der Waals surface area contributed by atoms with E-state index in [0.717, 1.165) is 5.56 Å². The Balaban J connectivity index is 1.58. The summed E-state index contributed by atoms with van der Waals surface area (Å²) in [6.07, 6.45) is 1.02. The topological polar surface area (TPSA) is 66.1 Å². The second kappa shape index (κ2) is 7.15. The van der Waals surface area contributed by atoms with Crippen molar-refractivity contribution in [2.24, 2.45) is 0 Å². The van der Waals surface area contributed by atoms with Crippen LogP contribution in [0, 0.1) is 5.82 Å². The van der Waals surface area contributed by atoms with E-state index in [1.165, 1.54) is 17.0 Å². The lowest BCUT2D eigenvalue weighted by Crippen LogP contribution is -2.40. The summed E-state index contributed by atoms with van der Waals surface area (Å²) in [5, 5.41) is 0. The number of benzene rings is 2. The van der Waals surface area contributed by atoms with Gasteiger partial charge in [-0.15, -0.1) is 0 Å². The molecule has 0 aliphatic carbocycles. The zero-order chi connectivity index (χ0) is 18.8. The number of H-pyrrole nitrogens is 1. The zero-order valence-electron chi connectivity index (χ0n) is 14.6. The van der Waals surface area contributed by atoms with Gasteiger partial charge in [-0.05, 0) is 17.7 Å². The van der Waals surface area contributed by atoms with Crippen molar-refractivity contribution in [3.63, 3.8) is 0 Å². The quantitative estimate of drug-likeness (QED) is 0.778. The van der Waals surface area contributed by atoms with Gasteiger partial charge >= 0.3 is 0 Å². The lowest BCUT2D eigenvalue weighted by atomic mass is 10.0. The Bertz CT molecular complexity index is 1050. The van der Waals surface area contributed by atoms with Crippen molar-refractivity contribution in [3.8, 4) is 0 Å². The first-order valence-electron chi connectivity index (χ1n) is 8.80. The Morgan fingerprint density at radius 3 is 2.63 bits per heavy atom. The number of carbonyl (C=O) groups excluding carboxylic acids is 1. The first-order chi connectivity index (χ1) is 13.1. The number of amides is 1. The highest BCUT2D eigenvalue weighted by Crippen LogP contribution is 2.18. The third kappa shape index (κ3) is 3.51. The number of carbonyl (C=O) groups is 1. The molecule has 1 aromatic heterocycles. The average Bonchev–Trinajstić information content (AvgIpc) is 2.68. The second-order valence-corrected chi connectivity index (χ2v) is 6.56. The van der Waals surface area contributed by atoms with Crippen molar-refractivity contribution >= 4 is 5.91 Å². The largest absolute Gasteiger partial charge is 0.334 e. The van der Waals surface area contributed by atoms with E-state index in [9.17, 15) is 14.0 Å². The maximum absolute atomic E-state index is 13.9. The molecule has 1 amide bonds. The molecular weight excluding hydrogens is 345 g/mol. The van der Waals surface area contributed by atoms with Gasteiger partial charge in [-0.25, -0.2) is 9.37 Å². The van der Waals surface area contributed by atoms with Crippen LogP contribution in [-0.4, -0.2) is 27.3 Å². The number of hydrogen-bond donors (Lipinski definition) is 1. The van der Waals surface area contributed by atoms with Crippen molar-refractivity contribution in [1.82, 2.24) is 14.9 Å². The number of nitrogens with one attached hydrogen (secondary N) is 1. The summed E-state index contributed by atoms with van der Waals surface area (Å²) in [5.41, 5.74) is 2.03. The minimum atomic E-state index is -0.557. The smallest absolute Gasteiger partial charge is 0.257 e. The highest BCUT2D eigenvalue weighted by atomic mass is 19.1. The number of nitrogens with zero attached hydrogens (tertiary/aromatic N) is 2. The van der Waals surface area contributed by atoms with Crippen LogP contribution in [0.15, 0.2) is 59.4 Å². The van der Waals surface area contributed by atoms with Crippen LogP contribution < -0.4 is 5.56 Å². The minimum Gasteiger partial charge on any atom is -0.334 e. The van der Waals surface area contributed by atoms with Gasteiger partial charge < -0.3 is 9.88 Å². The van der Waals surface area contributed by atoms with Crippen molar-refractivity contribution in [1.29, 1.82) is 0 Å². The number of hydrogen-bond acceptors (Lipinski definition) is 3. The second-order valence-electron chi connectivity index (χ2n) is 6.56. The Morgan fingerprint density at radius 2 is 1.85 bits per heavy atom. The van der Waals surface area contributed by atoms with E-state index in [1.807, 2.05) is 30.3 Å². The van der Waals surface area contributed by atoms with Crippen LogP contribution >= 0.6 is 0 Å². The van der Waals surface area contributed by atoms with Gasteiger partial charge in [-0.2, -0.15) is 0 Å². The van der Waals surface area contributed by atoms with Crippen LogP contribution in [0.2, 0.25) is 0 Å². The van der Waals surface area contributed by atoms with Gasteiger partial charge in [-0.3, -0.25) is 9.59 Å². The van der Waals surface area contributed by atoms with E-state index in [0.29, 0.717) is 36.5 Å². The third-order valence-electron chi connectivity index (χ3n) is 4.72. The molecule has 6 heteroatoms. The van der Waals surface area contributed by atoms with Crippen molar-refractivity contribution in [2.75, 3.05) is 6.54 Å². The predicted octanol–water partition coefficient (Wildman–Crippen LogP) is 2.70. The SMILES string of the molecule is O=C(c1ccccc1F)N1CCc2nc(Cc3ccccc3)[nH]c(=O)c2C1. The van der Waals surface area contributed by atoms with Gasteiger partial charge in [0.25, 0.3) is 11.5 Å². The predicted molar refractivity (Wildman–Crippen MR) is 99.0 cm³/mol. The molecule has 0 atom stereocenters. The maximum atomic E-state index is 13.9. The molecule has 2 heterocycles. The molecule has 1 aliphatic heterocycles. The van der Waals surface area contributed by atoms with E-state index in [-0.39, 0.29) is 17.7 Å². The Kier molecular flexibility index (Phi) is 4.54. The van der Waals surface area contributed by atoms with Gasteiger partial charge in [0.1, 0.15) is 11.6 Å². The molecule has 4 rings (SSSR count). The van der Waals surface area contributed by atoms with E-state index in [1.54, 1.807) is 12.1 Å². The fourth-order valence-electron chi connectivity index (χ4n) is 3.33. The van der Waals surface area contributed by atoms with E-state index in [2.05, 4.69) is 9.97 Å². The highest BCUT2D eigenvalue weighted by Gasteiger charge is 2.26. The van der Waals surface area contributed by atoms with E-state index in [4.69, 9.17) is 0 Å². The molecule has 0 radical (unpaired) electrons. The van der Waals surface area contributed by atoms with Gasteiger partial charge in [0.2, 0.25) is 0 Å². The molecule has 1 aliphatic rings. The van der Waals surface area contributed by atoms with Gasteiger partial charge in [-0.1, -0.05) is 42.5 Å². The van der Waals surface area contributed by atoms with Gasteiger partial charge in [0, 0.05) is 19.4 Å². The summed E-state index contributed by atoms with van der Waals surface area (Å²) >= 11 is 0. The van der Waals surface area contributed by atoms with Crippen LogP contribution in [0.25, 0.3) is 0 Å². The van der Waals surface area contributed by atoms with Crippen LogP contribution in [0.1, 0.15) is 33.0 Å². The summed E-state index contributed by atoms with van der Waals surface area (Å²) in [7, 11) is 0. The number of aromatic nitrogens is 2. The summed E-state index contributed by atoms with van der Waals surface area (Å²) in [4.78, 5) is 34.0. The zero-order valence-corrected chi connectivity index (χ0v) is 14.6. The van der Waals surface area contributed by atoms with E-state index < -0.39 is 11.7 Å². The number of fused-ring (bicyclic) bond motifs is 1. The maximum Gasteiger partial charge on any atom is 0.257 e. The van der Waals surface area contributed by atoms with Crippen molar-refractivity contribution < 1.29 is 9.18 Å². The molecule has 0 bridgehead atoms. The Hall–Kier alpha value is -3.28. The summed E-state index contributed by atoms with van der Waals surface area (Å²) < 4.78 is 13.9. The molecule has 0 saturated heterocycles. The van der Waals surface area contributed by atoms with Gasteiger partial charge in [0.15, 0.2) is 0 Å². The Labute approximate surface area is 155 Å². The van der Waals surface area contributed by atoms with Crippen molar-refractivity contribution in [2.45, 2.75) is 19.4 Å². The molecule has 2 aromatic carbocycles. The molecular formula is C21H18FN3O2. The van der Waals surface area contributed by atoms with Crippen LogP contribution in [0.4, 0.5) is 4.39 Å². The first-order valence-corrected chi connectivity index (χ1v) is 8.80. The van der Waals surface area contributed by atoms with Crippen LogP contribution in [-0.2, 0) is 19.4 Å². The minimum absolute atomic E-state index is 0.0195.